The monoisotopic (exact) mass is 598 g/mol. The lowest BCUT2D eigenvalue weighted by atomic mass is 10.1. The minimum Gasteiger partial charge on any atom is -0.508 e. The van der Waals surface area contributed by atoms with E-state index in [1.807, 2.05) is 31.2 Å². The summed E-state index contributed by atoms with van der Waals surface area (Å²) >= 11 is 2.53. The van der Waals surface area contributed by atoms with Gasteiger partial charge in [0.05, 0.1) is 7.11 Å². The minimum atomic E-state index is -0.473. The second-order valence-corrected chi connectivity index (χ2v) is 14.6. The maximum absolute atomic E-state index is 9.54. The van der Waals surface area contributed by atoms with Crippen LogP contribution < -0.4 is 4.74 Å². The van der Waals surface area contributed by atoms with Gasteiger partial charge in [0.25, 0.3) is 0 Å². The second kappa shape index (κ2) is 30.0. The van der Waals surface area contributed by atoms with Gasteiger partial charge in [-0.2, -0.15) is 0 Å². The van der Waals surface area contributed by atoms with Crippen molar-refractivity contribution >= 4 is 22.9 Å². The molecular formula is C34H62O4S2. The summed E-state index contributed by atoms with van der Waals surface area (Å²) in [5.41, 5.74) is 5.77. The first-order valence-electron chi connectivity index (χ1n) is 14.2. The van der Waals surface area contributed by atoms with Crippen molar-refractivity contribution < 1.29 is 19.5 Å². The predicted octanol–water partition coefficient (Wildman–Crippen LogP) is 10.6. The van der Waals surface area contributed by atoms with Crippen molar-refractivity contribution in [3.8, 4) is 17.2 Å². The van der Waals surface area contributed by atoms with Crippen molar-refractivity contribution in [2.75, 3.05) is 25.4 Å². The predicted molar refractivity (Wildman–Crippen MR) is 188 cm³/mol. The number of hydrogen-bond acceptors (Lipinski definition) is 5. The third-order valence-corrected chi connectivity index (χ3v) is 9.35. The number of phenolic OH excluding ortho intramolecular Hbond substituents is 2. The molecule has 0 spiro atoms. The Kier molecular flexibility index (Phi) is 33.8. The summed E-state index contributed by atoms with van der Waals surface area (Å²) in [5, 5.41) is 19.5. The van der Waals surface area contributed by atoms with Gasteiger partial charge in [-0.1, -0.05) is 99.1 Å². The topological polar surface area (TPSA) is 69.9 Å². The first-order valence-corrected chi connectivity index (χ1v) is 17.3. The molecule has 3 N–H and O–H groups in total. The fraction of sp³-hybridized carbons (Fsp3) is 0.559. The molecule has 0 aromatic heterocycles. The zero-order valence-corrected chi connectivity index (χ0v) is 29.2. The van der Waals surface area contributed by atoms with Crippen molar-refractivity contribution in [3.63, 3.8) is 0 Å². The maximum atomic E-state index is 9.54. The zero-order chi connectivity index (χ0) is 32.1. The molecule has 2 aromatic rings. The number of methoxy groups -OCH3 is 1. The molecule has 0 fully saturated rings. The van der Waals surface area contributed by atoms with Gasteiger partial charge in [-0.05, 0) is 97.5 Å². The van der Waals surface area contributed by atoms with E-state index in [9.17, 15) is 10.2 Å². The van der Waals surface area contributed by atoms with Crippen molar-refractivity contribution in [1.82, 2.24) is 0 Å². The first-order chi connectivity index (χ1) is 18.8. The quantitative estimate of drug-likeness (QED) is 0.139. The summed E-state index contributed by atoms with van der Waals surface area (Å²) in [6, 6.07) is 11.4. The number of benzene rings is 2. The number of thiol groups is 1. The van der Waals surface area contributed by atoms with Gasteiger partial charge in [0, 0.05) is 0 Å². The molecule has 0 radical (unpaired) electrons. The third-order valence-electron chi connectivity index (χ3n) is 5.46. The molecule has 0 heterocycles. The Morgan fingerprint density at radius 1 is 0.850 bits per heavy atom. The van der Waals surface area contributed by atoms with Gasteiger partial charge < -0.3 is 19.5 Å². The van der Waals surface area contributed by atoms with Crippen molar-refractivity contribution in [2.24, 2.45) is 0 Å². The highest BCUT2D eigenvalue weighted by Crippen LogP contribution is 2.45. The van der Waals surface area contributed by atoms with E-state index in [0.717, 1.165) is 30.1 Å². The van der Waals surface area contributed by atoms with Gasteiger partial charge in [-0.15, -0.1) is 5.73 Å². The molecule has 0 bridgehead atoms. The summed E-state index contributed by atoms with van der Waals surface area (Å²) < 4.78 is 11.8. The molecule has 40 heavy (non-hydrogen) atoms. The highest BCUT2D eigenvalue weighted by molar-refractivity contribution is 8.33. The molecule has 0 aliphatic heterocycles. The van der Waals surface area contributed by atoms with Crippen LogP contribution in [0.15, 0.2) is 55.3 Å². The highest BCUT2D eigenvalue weighted by Gasteiger charge is 2.15. The molecule has 0 saturated carbocycles. The SMILES string of the molecule is C=C=C.CCC.CCC.CCCc1ccc(O)c(C)c1.COc1cc(CCCS(C)(C)C(C)C)ccc1O.OS. The summed E-state index contributed by atoms with van der Waals surface area (Å²) in [6.45, 7) is 23.5. The Morgan fingerprint density at radius 2 is 1.27 bits per heavy atom. The van der Waals surface area contributed by atoms with Gasteiger partial charge in [-0.3, -0.25) is 0 Å². The molecule has 2 aromatic carbocycles. The Balaban J connectivity index is -0.000000249. The lowest BCUT2D eigenvalue weighted by Crippen LogP contribution is -2.13. The van der Waals surface area contributed by atoms with E-state index in [0.29, 0.717) is 11.5 Å². The zero-order valence-electron chi connectivity index (χ0n) is 27.5. The van der Waals surface area contributed by atoms with Crippen LogP contribution in [0.1, 0.15) is 90.8 Å². The lowest BCUT2D eigenvalue weighted by Gasteiger charge is -2.35. The van der Waals surface area contributed by atoms with E-state index in [2.05, 4.69) is 92.8 Å². The molecule has 6 heteroatoms. The number of aryl methyl sites for hydroxylation is 3. The van der Waals surface area contributed by atoms with Gasteiger partial charge >= 0.3 is 0 Å². The standard InChI is InChI=1S/C15H26O2S.C10H14O.2C3H8.C3H4.H2OS/c1-12(2)18(4,5)10-6-7-13-8-9-14(16)15(11-13)17-3;1-3-4-9-5-6-10(11)8(2)7-9;3*1-3-2;1-2/h8-9,11-12,16H,6-7,10H2,1-5H3;5-7,11H,3-4H2,1-2H3;2*3H2,1-2H3;1-2H2;1-2H. The largest absolute Gasteiger partial charge is 0.508 e. The van der Waals surface area contributed by atoms with Crippen molar-refractivity contribution in [2.45, 2.75) is 99.2 Å². The van der Waals surface area contributed by atoms with Crippen LogP contribution >= 0.6 is 22.9 Å². The Bertz CT molecular complexity index is 872. The second-order valence-electron chi connectivity index (χ2n) is 10.0. The van der Waals surface area contributed by atoms with E-state index in [-0.39, 0.29) is 5.75 Å². The van der Waals surface area contributed by atoms with E-state index in [1.54, 1.807) is 19.2 Å². The highest BCUT2D eigenvalue weighted by atomic mass is 32.3. The number of hydrogen-bond donors (Lipinski definition) is 4. The maximum Gasteiger partial charge on any atom is 0.160 e. The molecule has 0 aliphatic carbocycles. The fourth-order valence-electron chi connectivity index (χ4n) is 2.92. The molecule has 234 valence electrons. The first kappa shape index (κ1) is 45.0. The normalized spacial score (nSPS) is 9.75. The van der Waals surface area contributed by atoms with E-state index in [1.165, 1.54) is 36.1 Å². The molecule has 2 rings (SSSR count). The summed E-state index contributed by atoms with van der Waals surface area (Å²) in [5.74, 6) is 2.48. The lowest BCUT2D eigenvalue weighted by molar-refractivity contribution is 0.373. The van der Waals surface area contributed by atoms with Gasteiger partial charge in [0.1, 0.15) is 5.75 Å². The van der Waals surface area contributed by atoms with Crippen LogP contribution in [0.3, 0.4) is 0 Å². The van der Waals surface area contributed by atoms with Crippen LogP contribution in [0.4, 0.5) is 0 Å². The van der Waals surface area contributed by atoms with Crippen LogP contribution in [0.25, 0.3) is 0 Å². The Morgan fingerprint density at radius 3 is 1.65 bits per heavy atom. The number of rotatable bonds is 8. The van der Waals surface area contributed by atoms with Crippen molar-refractivity contribution in [3.05, 3.63) is 72.0 Å². The van der Waals surface area contributed by atoms with Gasteiger partial charge in [0.15, 0.2) is 11.5 Å². The van der Waals surface area contributed by atoms with Crippen LogP contribution in [-0.4, -0.2) is 45.4 Å². The molecular weight excluding hydrogens is 537 g/mol. The fourth-order valence-corrected chi connectivity index (χ4v) is 4.28. The van der Waals surface area contributed by atoms with Crippen LogP contribution in [0.2, 0.25) is 0 Å². The summed E-state index contributed by atoms with van der Waals surface area (Å²) in [4.78, 5) is 0. The molecule has 0 aliphatic rings. The molecule has 0 unspecified atom stereocenters. The molecule has 0 atom stereocenters. The van der Waals surface area contributed by atoms with Gasteiger partial charge in [-0.25, -0.2) is 10.0 Å². The Labute approximate surface area is 255 Å². The number of ether oxygens (including phenoxy) is 1. The van der Waals surface area contributed by atoms with E-state index < -0.39 is 10.0 Å². The van der Waals surface area contributed by atoms with Crippen LogP contribution in [0.5, 0.6) is 17.2 Å². The van der Waals surface area contributed by atoms with E-state index in [4.69, 9.17) is 9.29 Å². The van der Waals surface area contributed by atoms with Gasteiger partial charge in [0.2, 0.25) is 0 Å². The van der Waals surface area contributed by atoms with Crippen LogP contribution in [-0.2, 0) is 12.8 Å². The molecule has 0 amide bonds. The molecule has 0 saturated heterocycles. The summed E-state index contributed by atoms with van der Waals surface area (Å²) in [7, 11) is 1.12. The van der Waals surface area contributed by atoms with E-state index >= 15 is 0 Å². The average molecular weight is 599 g/mol. The van der Waals surface area contributed by atoms with Crippen LogP contribution in [0, 0.1) is 6.92 Å². The number of phenols is 2. The summed E-state index contributed by atoms with van der Waals surface area (Å²) in [6.07, 6.45) is 11.8. The Hall–Kier alpha value is -1.98. The number of aromatic hydroxyl groups is 2. The van der Waals surface area contributed by atoms with Crippen molar-refractivity contribution in [1.29, 1.82) is 0 Å². The molecule has 4 nitrogen and oxygen atoms in total. The third kappa shape index (κ3) is 25.0. The smallest absolute Gasteiger partial charge is 0.160 e. The average Bonchev–Trinajstić information content (AvgIpc) is 2.90. The minimum absolute atomic E-state index is 0.217.